The van der Waals surface area contributed by atoms with Crippen molar-refractivity contribution < 1.29 is 9.53 Å². The van der Waals surface area contributed by atoms with Crippen LogP contribution in [0.2, 0.25) is 0 Å². The highest BCUT2D eigenvalue weighted by atomic mass is 32.1. The molecule has 0 bridgehead atoms. The molecule has 4 rings (SSSR count). The normalized spacial score (nSPS) is 16.4. The Balaban J connectivity index is 1.57. The van der Waals surface area contributed by atoms with E-state index in [1.54, 1.807) is 30.6 Å². The summed E-state index contributed by atoms with van der Waals surface area (Å²) >= 11 is 5.37. The fourth-order valence-electron chi connectivity index (χ4n) is 3.34. The van der Waals surface area contributed by atoms with Crippen molar-refractivity contribution in [3.63, 3.8) is 0 Å². The molecule has 1 saturated heterocycles. The molecule has 0 aliphatic carbocycles. The van der Waals surface area contributed by atoms with Gasteiger partial charge in [-0.2, -0.15) is 0 Å². The number of amides is 1. The van der Waals surface area contributed by atoms with Crippen molar-refractivity contribution in [2.75, 3.05) is 6.61 Å². The molecule has 1 aliphatic heterocycles. The van der Waals surface area contributed by atoms with Crippen LogP contribution in [0.5, 0.6) is 0 Å². The maximum Gasteiger partial charge on any atom is 0.262 e. The quantitative estimate of drug-likeness (QED) is 0.647. The van der Waals surface area contributed by atoms with Gasteiger partial charge in [0.25, 0.3) is 11.5 Å². The number of fused-ring (bicyclic) bond motifs is 1. The molecule has 144 valence electrons. The number of benzene rings is 1. The molecule has 3 heterocycles. The van der Waals surface area contributed by atoms with Crippen molar-refractivity contribution in [2.45, 2.75) is 32.0 Å². The zero-order valence-electron chi connectivity index (χ0n) is 15.2. The molecule has 1 aliphatic rings. The monoisotopic (exact) mass is 396 g/mol. The molecule has 2 aromatic heterocycles. The van der Waals surface area contributed by atoms with Crippen LogP contribution >= 0.6 is 12.2 Å². The van der Waals surface area contributed by atoms with E-state index in [9.17, 15) is 9.59 Å². The number of carbonyl (C=O) groups excluding carboxylic acids is 1. The van der Waals surface area contributed by atoms with Gasteiger partial charge in [0.2, 0.25) is 0 Å². The van der Waals surface area contributed by atoms with Crippen molar-refractivity contribution >= 4 is 29.0 Å². The van der Waals surface area contributed by atoms with Crippen LogP contribution in [-0.4, -0.2) is 33.2 Å². The molecule has 3 aromatic rings. The van der Waals surface area contributed by atoms with E-state index in [1.165, 1.54) is 4.57 Å². The molecule has 2 N–H and O–H groups in total. The van der Waals surface area contributed by atoms with Crippen LogP contribution in [-0.2, 0) is 17.8 Å². The van der Waals surface area contributed by atoms with Gasteiger partial charge in [-0.3, -0.25) is 19.1 Å². The van der Waals surface area contributed by atoms with Gasteiger partial charge in [-0.15, -0.1) is 0 Å². The first-order valence-corrected chi connectivity index (χ1v) is 9.58. The van der Waals surface area contributed by atoms with Crippen molar-refractivity contribution in [1.29, 1.82) is 0 Å². The number of hydrogen-bond acceptors (Lipinski definition) is 5. The van der Waals surface area contributed by atoms with E-state index in [1.807, 2.05) is 12.1 Å². The van der Waals surface area contributed by atoms with Crippen molar-refractivity contribution in [2.24, 2.45) is 0 Å². The van der Waals surface area contributed by atoms with E-state index in [2.05, 4.69) is 15.3 Å². The van der Waals surface area contributed by atoms with E-state index in [4.69, 9.17) is 17.0 Å². The molecule has 7 nitrogen and oxygen atoms in total. The lowest BCUT2D eigenvalue weighted by atomic mass is 10.1. The van der Waals surface area contributed by atoms with Crippen molar-refractivity contribution in [1.82, 2.24) is 19.9 Å². The number of aromatic amines is 1. The van der Waals surface area contributed by atoms with Gasteiger partial charge >= 0.3 is 0 Å². The first-order valence-electron chi connectivity index (χ1n) is 9.17. The Bertz CT molecular complexity index is 1120. The summed E-state index contributed by atoms with van der Waals surface area (Å²) in [7, 11) is 0. The number of H-pyrrole nitrogens is 1. The molecular weight excluding hydrogens is 376 g/mol. The van der Waals surface area contributed by atoms with Gasteiger partial charge in [0.1, 0.15) is 0 Å². The first-order chi connectivity index (χ1) is 13.6. The van der Waals surface area contributed by atoms with E-state index < -0.39 is 0 Å². The maximum atomic E-state index is 12.8. The largest absolute Gasteiger partial charge is 0.376 e. The molecule has 1 aromatic carbocycles. The topological polar surface area (TPSA) is 89.0 Å². The standard InChI is InChI=1S/C20H20N4O3S/c25-18(22-11-13-3-1-7-21-10-13)14-5-6-16-17(9-14)23-20(28)24(19(16)26)12-15-4-2-8-27-15/h1,3,5-7,9-10,15H,2,4,8,11-12H2,(H,22,25)(H,23,28)/t15-/m1/s1. The minimum absolute atomic E-state index is 0.0165. The zero-order chi connectivity index (χ0) is 19.5. The lowest BCUT2D eigenvalue weighted by Gasteiger charge is -2.13. The van der Waals surface area contributed by atoms with Crippen LogP contribution in [0.4, 0.5) is 0 Å². The Hall–Kier alpha value is -2.84. The Kier molecular flexibility index (Phi) is 5.31. The molecule has 28 heavy (non-hydrogen) atoms. The second kappa shape index (κ2) is 8.04. The Morgan fingerprint density at radius 3 is 3.04 bits per heavy atom. The van der Waals surface area contributed by atoms with Gasteiger partial charge in [0.05, 0.1) is 23.6 Å². The lowest BCUT2D eigenvalue weighted by molar-refractivity contribution is 0.0950. The van der Waals surface area contributed by atoms with Gasteiger partial charge < -0.3 is 15.0 Å². The number of aromatic nitrogens is 3. The average Bonchev–Trinajstić information content (AvgIpc) is 3.23. The summed E-state index contributed by atoms with van der Waals surface area (Å²) in [4.78, 5) is 32.4. The van der Waals surface area contributed by atoms with E-state index in [-0.39, 0.29) is 17.6 Å². The summed E-state index contributed by atoms with van der Waals surface area (Å²) in [6.07, 6.45) is 5.33. The molecule has 0 radical (unpaired) electrons. The number of nitrogens with zero attached hydrogens (tertiary/aromatic N) is 2. The second-order valence-electron chi connectivity index (χ2n) is 6.79. The highest BCUT2D eigenvalue weighted by Gasteiger charge is 2.18. The molecular formula is C20H20N4O3S. The number of ether oxygens (including phenoxy) is 1. The fourth-order valence-corrected chi connectivity index (χ4v) is 3.61. The summed E-state index contributed by atoms with van der Waals surface area (Å²) < 4.78 is 7.49. The molecule has 1 amide bonds. The van der Waals surface area contributed by atoms with Crippen LogP contribution in [0.1, 0.15) is 28.8 Å². The number of carbonyl (C=O) groups is 1. The van der Waals surface area contributed by atoms with Crippen LogP contribution < -0.4 is 10.9 Å². The van der Waals surface area contributed by atoms with Gasteiger partial charge in [0.15, 0.2) is 4.77 Å². The van der Waals surface area contributed by atoms with E-state index >= 15 is 0 Å². The minimum Gasteiger partial charge on any atom is -0.376 e. The highest BCUT2D eigenvalue weighted by molar-refractivity contribution is 7.71. The summed E-state index contributed by atoms with van der Waals surface area (Å²) in [5.41, 5.74) is 1.75. The van der Waals surface area contributed by atoms with E-state index in [0.717, 1.165) is 25.0 Å². The third-order valence-electron chi connectivity index (χ3n) is 4.83. The van der Waals surface area contributed by atoms with E-state index in [0.29, 0.717) is 34.3 Å². The Morgan fingerprint density at radius 2 is 2.29 bits per heavy atom. The fraction of sp³-hybridized carbons (Fsp3) is 0.300. The van der Waals surface area contributed by atoms with Crippen molar-refractivity contribution in [3.05, 3.63) is 69.0 Å². The van der Waals surface area contributed by atoms with Gasteiger partial charge in [-0.05, 0) is 54.9 Å². The number of nitrogens with one attached hydrogen (secondary N) is 2. The minimum atomic E-state index is -0.228. The third-order valence-corrected chi connectivity index (χ3v) is 5.15. The highest BCUT2D eigenvalue weighted by Crippen LogP contribution is 2.15. The summed E-state index contributed by atoms with van der Waals surface area (Å²) in [6, 6.07) is 8.67. The predicted octanol–water partition coefficient (Wildman–Crippen LogP) is 2.56. The van der Waals surface area contributed by atoms with Gasteiger partial charge in [-0.1, -0.05) is 6.07 Å². The Labute approximate surface area is 166 Å². The number of rotatable bonds is 5. The second-order valence-corrected chi connectivity index (χ2v) is 7.17. The van der Waals surface area contributed by atoms with Gasteiger partial charge in [-0.25, -0.2) is 0 Å². The van der Waals surface area contributed by atoms with Crippen LogP contribution in [0.15, 0.2) is 47.5 Å². The maximum absolute atomic E-state index is 12.8. The summed E-state index contributed by atoms with van der Waals surface area (Å²) in [5.74, 6) is -0.228. The van der Waals surface area contributed by atoms with Crippen LogP contribution in [0, 0.1) is 4.77 Å². The summed E-state index contributed by atoms with van der Waals surface area (Å²) in [6.45, 7) is 1.54. The molecule has 1 fully saturated rings. The Morgan fingerprint density at radius 1 is 1.39 bits per heavy atom. The number of hydrogen-bond donors (Lipinski definition) is 2. The number of pyridine rings is 1. The molecule has 0 saturated carbocycles. The first kappa shape index (κ1) is 18.5. The molecule has 8 heteroatoms. The molecule has 0 spiro atoms. The van der Waals surface area contributed by atoms with Crippen LogP contribution in [0.25, 0.3) is 10.9 Å². The zero-order valence-corrected chi connectivity index (χ0v) is 16.0. The predicted molar refractivity (Wildman–Crippen MR) is 108 cm³/mol. The molecule has 0 unspecified atom stereocenters. The third kappa shape index (κ3) is 3.88. The molecule has 1 atom stereocenters. The SMILES string of the molecule is O=C(NCc1cccnc1)c1ccc2c(=O)n(C[C@H]3CCCO3)c(=S)[nH]c2c1. The summed E-state index contributed by atoms with van der Waals surface area (Å²) in [5, 5.41) is 3.35. The smallest absolute Gasteiger partial charge is 0.262 e. The van der Waals surface area contributed by atoms with Crippen LogP contribution in [0.3, 0.4) is 0 Å². The average molecular weight is 396 g/mol. The lowest BCUT2D eigenvalue weighted by Crippen LogP contribution is -2.28. The van der Waals surface area contributed by atoms with Crippen molar-refractivity contribution in [3.8, 4) is 0 Å². The van der Waals surface area contributed by atoms with Gasteiger partial charge in [0, 0.05) is 31.1 Å².